The Bertz CT molecular complexity index is 416. The van der Waals surface area contributed by atoms with Gasteiger partial charge in [0, 0.05) is 26.3 Å². The Kier molecular flexibility index (Phi) is 3.19. The summed E-state index contributed by atoms with van der Waals surface area (Å²) in [5, 5.41) is 9.32. The van der Waals surface area contributed by atoms with Crippen molar-refractivity contribution in [2.24, 2.45) is 12.5 Å². The van der Waals surface area contributed by atoms with Crippen molar-refractivity contribution in [3.63, 3.8) is 0 Å². The predicted octanol–water partition coefficient (Wildman–Crippen LogP) is 1.11. The molecule has 0 aromatic carbocycles. The van der Waals surface area contributed by atoms with Crippen LogP contribution in [0.2, 0.25) is 0 Å². The summed E-state index contributed by atoms with van der Waals surface area (Å²) in [4.78, 5) is 17.6. The van der Waals surface area contributed by atoms with Crippen LogP contribution in [-0.4, -0.2) is 38.6 Å². The molecule has 1 aliphatic heterocycles. The van der Waals surface area contributed by atoms with Crippen LogP contribution in [0.25, 0.3) is 0 Å². The number of nitrogens with zero attached hydrogens (tertiary/aromatic N) is 3. The second kappa shape index (κ2) is 4.49. The normalized spacial score (nSPS) is 25.3. The van der Waals surface area contributed by atoms with Crippen LogP contribution in [-0.2, 0) is 18.4 Å². The van der Waals surface area contributed by atoms with Gasteiger partial charge in [0.05, 0.1) is 17.4 Å². The molecule has 1 atom stereocenters. The Morgan fingerprint density at radius 3 is 2.88 bits per heavy atom. The molecule has 1 aromatic heterocycles. The lowest BCUT2D eigenvalue weighted by atomic mass is 9.84. The number of aliphatic carboxylic acids is 1. The third-order valence-corrected chi connectivity index (χ3v) is 3.87. The van der Waals surface area contributed by atoms with E-state index in [9.17, 15) is 9.90 Å². The molecular formula is C12H19N3O2. The summed E-state index contributed by atoms with van der Waals surface area (Å²) in [7, 11) is 1.96. The van der Waals surface area contributed by atoms with Crippen molar-refractivity contribution in [2.45, 2.75) is 26.3 Å². The standard InChI is InChI=1S/C12H19N3O2/c1-3-12(11(16)17)4-5-15(8-12)7-10-6-13-9-14(10)2/h6,9H,3-5,7-8H2,1-2H3,(H,16,17). The molecule has 0 radical (unpaired) electrons. The summed E-state index contributed by atoms with van der Waals surface area (Å²) in [6.45, 7) is 4.24. The Labute approximate surface area is 101 Å². The van der Waals surface area contributed by atoms with E-state index in [1.807, 2.05) is 24.7 Å². The van der Waals surface area contributed by atoms with Crippen molar-refractivity contribution < 1.29 is 9.90 Å². The van der Waals surface area contributed by atoms with Crippen LogP contribution < -0.4 is 0 Å². The fraction of sp³-hybridized carbons (Fsp3) is 0.667. The van der Waals surface area contributed by atoms with Gasteiger partial charge >= 0.3 is 5.97 Å². The highest BCUT2D eigenvalue weighted by atomic mass is 16.4. The molecule has 2 heterocycles. The first-order valence-corrected chi connectivity index (χ1v) is 5.98. The molecule has 5 nitrogen and oxygen atoms in total. The number of aromatic nitrogens is 2. The third kappa shape index (κ3) is 2.20. The van der Waals surface area contributed by atoms with Crippen molar-refractivity contribution >= 4 is 5.97 Å². The number of aryl methyl sites for hydroxylation is 1. The van der Waals surface area contributed by atoms with Crippen molar-refractivity contribution in [1.29, 1.82) is 0 Å². The van der Waals surface area contributed by atoms with Crippen LogP contribution in [0.15, 0.2) is 12.5 Å². The molecule has 0 amide bonds. The Morgan fingerprint density at radius 1 is 1.65 bits per heavy atom. The van der Waals surface area contributed by atoms with Crippen molar-refractivity contribution in [3.05, 3.63) is 18.2 Å². The highest BCUT2D eigenvalue weighted by Gasteiger charge is 2.43. The third-order valence-electron chi connectivity index (χ3n) is 3.87. The van der Waals surface area contributed by atoms with Crippen LogP contribution in [0.5, 0.6) is 0 Å². The van der Waals surface area contributed by atoms with Crippen LogP contribution >= 0.6 is 0 Å². The van der Waals surface area contributed by atoms with E-state index in [1.54, 1.807) is 6.33 Å². The van der Waals surface area contributed by atoms with E-state index in [4.69, 9.17) is 0 Å². The molecule has 0 bridgehead atoms. The first kappa shape index (κ1) is 12.1. The van der Waals surface area contributed by atoms with Crippen molar-refractivity contribution in [2.75, 3.05) is 13.1 Å². The summed E-state index contributed by atoms with van der Waals surface area (Å²) in [6, 6.07) is 0. The second-order valence-electron chi connectivity index (χ2n) is 4.90. The van der Waals surface area contributed by atoms with Gasteiger partial charge in [0.1, 0.15) is 0 Å². The average molecular weight is 237 g/mol. The molecule has 94 valence electrons. The van der Waals surface area contributed by atoms with Crippen molar-refractivity contribution in [3.8, 4) is 0 Å². The summed E-state index contributed by atoms with van der Waals surface area (Å²) in [5.74, 6) is -0.660. The van der Waals surface area contributed by atoms with Gasteiger partial charge in [0.25, 0.3) is 0 Å². The molecule has 1 aromatic rings. The number of carboxylic acid groups (broad SMARTS) is 1. The van der Waals surface area contributed by atoms with E-state index in [0.29, 0.717) is 13.0 Å². The molecule has 1 fully saturated rings. The molecule has 1 aliphatic rings. The fourth-order valence-corrected chi connectivity index (χ4v) is 2.47. The van der Waals surface area contributed by atoms with E-state index in [1.165, 1.54) is 0 Å². The van der Waals surface area contributed by atoms with Gasteiger partial charge in [-0.15, -0.1) is 0 Å². The average Bonchev–Trinajstić information content (AvgIpc) is 2.88. The lowest BCUT2D eigenvalue weighted by Crippen LogP contribution is -2.34. The van der Waals surface area contributed by atoms with Gasteiger partial charge in [-0.05, 0) is 19.4 Å². The Balaban J connectivity index is 2.03. The van der Waals surface area contributed by atoms with Crippen LogP contribution in [0, 0.1) is 5.41 Å². The molecule has 0 spiro atoms. The van der Waals surface area contributed by atoms with Crippen LogP contribution in [0.3, 0.4) is 0 Å². The minimum atomic E-state index is -0.660. The maximum absolute atomic E-state index is 11.3. The molecule has 1 saturated heterocycles. The zero-order valence-electron chi connectivity index (χ0n) is 10.4. The monoisotopic (exact) mass is 237 g/mol. The van der Waals surface area contributed by atoms with E-state index in [2.05, 4.69) is 9.88 Å². The van der Waals surface area contributed by atoms with Gasteiger partial charge in [0.2, 0.25) is 0 Å². The van der Waals surface area contributed by atoms with Gasteiger partial charge in [-0.25, -0.2) is 4.98 Å². The highest BCUT2D eigenvalue weighted by molar-refractivity contribution is 5.75. The van der Waals surface area contributed by atoms with Gasteiger partial charge in [-0.2, -0.15) is 0 Å². The van der Waals surface area contributed by atoms with Crippen LogP contribution in [0.1, 0.15) is 25.5 Å². The molecule has 2 rings (SSSR count). The van der Waals surface area contributed by atoms with E-state index < -0.39 is 11.4 Å². The summed E-state index contributed by atoms with van der Waals surface area (Å²) in [5.41, 5.74) is 0.584. The maximum atomic E-state index is 11.3. The van der Waals surface area contributed by atoms with Gasteiger partial charge in [0.15, 0.2) is 0 Å². The number of likely N-dealkylation sites (tertiary alicyclic amines) is 1. The first-order chi connectivity index (χ1) is 8.07. The molecule has 0 aliphatic carbocycles. The summed E-state index contributed by atoms with van der Waals surface area (Å²) in [6.07, 6.45) is 5.06. The molecular weight excluding hydrogens is 218 g/mol. The first-order valence-electron chi connectivity index (χ1n) is 5.98. The smallest absolute Gasteiger partial charge is 0.310 e. The number of hydrogen-bond acceptors (Lipinski definition) is 3. The highest BCUT2D eigenvalue weighted by Crippen LogP contribution is 2.34. The summed E-state index contributed by atoms with van der Waals surface area (Å²) < 4.78 is 1.98. The second-order valence-corrected chi connectivity index (χ2v) is 4.90. The molecule has 1 N–H and O–H groups in total. The lowest BCUT2D eigenvalue weighted by Gasteiger charge is -2.23. The van der Waals surface area contributed by atoms with E-state index in [-0.39, 0.29) is 0 Å². The zero-order valence-corrected chi connectivity index (χ0v) is 10.4. The lowest BCUT2D eigenvalue weighted by molar-refractivity contribution is -0.148. The minimum absolute atomic E-state index is 0.543. The fourth-order valence-electron chi connectivity index (χ4n) is 2.47. The van der Waals surface area contributed by atoms with E-state index in [0.717, 1.165) is 25.2 Å². The van der Waals surface area contributed by atoms with Crippen molar-refractivity contribution in [1.82, 2.24) is 14.5 Å². The van der Waals surface area contributed by atoms with Gasteiger partial charge in [-0.3, -0.25) is 9.69 Å². The topological polar surface area (TPSA) is 58.4 Å². The maximum Gasteiger partial charge on any atom is 0.310 e. The van der Waals surface area contributed by atoms with Crippen LogP contribution in [0.4, 0.5) is 0 Å². The predicted molar refractivity (Wildman–Crippen MR) is 63.5 cm³/mol. The van der Waals surface area contributed by atoms with Gasteiger partial charge in [-0.1, -0.05) is 6.92 Å². The number of rotatable bonds is 4. The Hall–Kier alpha value is -1.36. The molecule has 1 unspecified atom stereocenters. The number of carboxylic acids is 1. The quantitative estimate of drug-likeness (QED) is 0.852. The number of carbonyl (C=O) groups is 1. The SMILES string of the molecule is CCC1(C(=O)O)CCN(Cc2cncn2C)C1. The molecule has 0 saturated carbocycles. The minimum Gasteiger partial charge on any atom is -0.481 e. The zero-order chi connectivity index (χ0) is 12.5. The largest absolute Gasteiger partial charge is 0.481 e. The molecule has 17 heavy (non-hydrogen) atoms. The number of hydrogen-bond donors (Lipinski definition) is 1. The van der Waals surface area contributed by atoms with E-state index >= 15 is 0 Å². The summed E-state index contributed by atoms with van der Waals surface area (Å²) >= 11 is 0. The molecule has 5 heteroatoms. The number of imidazole rings is 1. The van der Waals surface area contributed by atoms with Gasteiger partial charge < -0.3 is 9.67 Å². The Morgan fingerprint density at radius 2 is 2.41 bits per heavy atom.